The van der Waals surface area contributed by atoms with Gasteiger partial charge in [0.25, 0.3) is 0 Å². The zero-order chi connectivity index (χ0) is 18.6. The van der Waals surface area contributed by atoms with Gasteiger partial charge in [-0.2, -0.15) is 5.26 Å². The zero-order valence-corrected chi connectivity index (χ0v) is 15.4. The molecule has 0 amide bonds. The number of likely N-dealkylation sites (tertiary alicyclic amines) is 1. The predicted octanol–water partition coefficient (Wildman–Crippen LogP) is 3.36. The number of hydrogen-bond acceptors (Lipinski definition) is 5. The molecule has 132 valence electrons. The number of aromatic nitrogens is 1. The molecule has 5 nitrogen and oxygen atoms in total. The number of nitriles is 1. The minimum atomic E-state index is -0.228. The Bertz CT molecular complexity index is 751. The second-order valence-corrected chi connectivity index (χ2v) is 6.66. The molecule has 0 radical (unpaired) electrons. The summed E-state index contributed by atoms with van der Waals surface area (Å²) >= 11 is 0. The van der Waals surface area contributed by atoms with Gasteiger partial charge in [-0.25, -0.2) is 0 Å². The van der Waals surface area contributed by atoms with Gasteiger partial charge in [-0.3, -0.25) is 9.78 Å². The highest BCUT2D eigenvalue weighted by atomic mass is 16.5. The summed E-state index contributed by atoms with van der Waals surface area (Å²) in [5, 5.41) is 9.61. The van der Waals surface area contributed by atoms with Crippen LogP contribution in [0.2, 0.25) is 0 Å². The quantitative estimate of drug-likeness (QED) is 0.608. The van der Waals surface area contributed by atoms with Gasteiger partial charge >= 0.3 is 0 Å². The number of rotatable bonds is 5. The second kappa shape index (κ2) is 7.62. The Hall–Kier alpha value is -2.45. The fourth-order valence-electron chi connectivity index (χ4n) is 3.08. The smallest absolute Gasteiger partial charge is 0.172 e. The molecule has 1 saturated heterocycles. The van der Waals surface area contributed by atoms with Crippen LogP contribution in [0.1, 0.15) is 43.5 Å². The largest absolute Gasteiger partial charge is 0.378 e. The number of methoxy groups -OCH3 is 1. The maximum Gasteiger partial charge on any atom is 0.172 e. The van der Waals surface area contributed by atoms with E-state index in [4.69, 9.17) is 4.74 Å². The molecule has 0 bridgehead atoms. The molecule has 1 aromatic rings. The monoisotopic (exact) mass is 339 g/mol. The molecule has 0 unspecified atom stereocenters. The van der Waals surface area contributed by atoms with Crippen molar-refractivity contribution in [1.29, 1.82) is 5.26 Å². The molecule has 5 heteroatoms. The summed E-state index contributed by atoms with van der Waals surface area (Å²) in [5.41, 5.74) is 3.22. The molecular weight excluding hydrogens is 314 g/mol. The summed E-state index contributed by atoms with van der Waals surface area (Å²) in [6.07, 6.45) is 5.09. The molecule has 25 heavy (non-hydrogen) atoms. The molecule has 2 heterocycles. The fourth-order valence-corrected chi connectivity index (χ4v) is 3.08. The van der Waals surface area contributed by atoms with Crippen LogP contribution in [0.3, 0.4) is 0 Å². The average molecular weight is 339 g/mol. The standard InChI is InChI=1S/C20H25N3O2/c1-6-16-11-17(14(2)13-22-16)19(18(12-21)15(3)24)23-9-7-20(4,25-5)8-10-23/h6,11,13H,1,7-10H2,2-5H3/b19-18+. The number of ether oxygens (including phenoxy) is 1. The first-order valence-electron chi connectivity index (χ1n) is 8.40. The summed E-state index contributed by atoms with van der Waals surface area (Å²) in [4.78, 5) is 18.5. The molecule has 1 aliphatic heterocycles. The van der Waals surface area contributed by atoms with E-state index in [1.54, 1.807) is 19.4 Å². The number of pyridine rings is 1. The van der Waals surface area contributed by atoms with Gasteiger partial charge in [-0.15, -0.1) is 0 Å². The third kappa shape index (κ3) is 3.97. The predicted molar refractivity (Wildman–Crippen MR) is 98.5 cm³/mol. The van der Waals surface area contributed by atoms with Crippen molar-refractivity contribution in [3.05, 3.63) is 41.2 Å². The van der Waals surface area contributed by atoms with Gasteiger partial charge in [-0.1, -0.05) is 6.58 Å². The number of piperidine rings is 1. The first-order chi connectivity index (χ1) is 11.8. The van der Waals surface area contributed by atoms with Crippen LogP contribution in [0.15, 0.2) is 24.4 Å². The first-order valence-corrected chi connectivity index (χ1v) is 8.40. The third-order valence-electron chi connectivity index (χ3n) is 4.92. The van der Waals surface area contributed by atoms with Gasteiger partial charge < -0.3 is 9.64 Å². The summed E-state index contributed by atoms with van der Waals surface area (Å²) in [7, 11) is 1.73. The van der Waals surface area contributed by atoms with Gasteiger partial charge in [-0.05, 0) is 51.3 Å². The van der Waals surface area contributed by atoms with E-state index in [0.717, 1.165) is 42.8 Å². The molecule has 0 atom stereocenters. The minimum absolute atomic E-state index is 0.162. The van der Waals surface area contributed by atoms with Crippen LogP contribution in [0.5, 0.6) is 0 Å². The minimum Gasteiger partial charge on any atom is -0.378 e. The van der Waals surface area contributed by atoms with Crippen LogP contribution in [-0.4, -0.2) is 41.5 Å². The SMILES string of the molecule is C=Cc1cc(/C(=C(/C#N)C(C)=O)N2CCC(C)(OC)CC2)c(C)cn1. The lowest BCUT2D eigenvalue weighted by Gasteiger charge is -2.41. The van der Waals surface area contributed by atoms with Crippen LogP contribution in [0, 0.1) is 18.3 Å². The third-order valence-corrected chi connectivity index (χ3v) is 4.92. The molecule has 0 aromatic carbocycles. The van der Waals surface area contributed by atoms with Gasteiger partial charge in [0.2, 0.25) is 0 Å². The van der Waals surface area contributed by atoms with E-state index >= 15 is 0 Å². The lowest BCUT2D eigenvalue weighted by Crippen LogP contribution is -2.43. The van der Waals surface area contributed by atoms with E-state index < -0.39 is 0 Å². The summed E-state index contributed by atoms with van der Waals surface area (Å²) in [5.74, 6) is -0.228. The van der Waals surface area contributed by atoms with E-state index in [2.05, 4.69) is 29.5 Å². The molecular formula is C20H25N3O2. The van der Waals surface area contributed by atoms with Crippen LogP contribution in [0.25, 0.3) is 11.8 Å². The van der Waals surface area contributed by atoms with Gasteiger partial charge in [0, 0.05) is 32.0 Å². The van der Waals surface area contributed by atoms with Crippen molar-refractivity contribution < 1.29 is 9.53 Å². The van der Waals surface area contributed by atoms with Crippen LogP contribution >= 0.6 is 0 Å². The molecule has 0 saturated carbocycles. The van der Waals surface area contributed by atoms with Crippen molar-refractivity contribution in [1.82, 2.24) is 9.88 Å². The molecule has 1 aromatic heterocycles. The van der Waals surface area contributed by atoms with Crippen molar-refractivity contribution >= 4 is 17.6 Å². The molecule has 0 N–H and O–H groups in total. The van der Waals surface area contributed by atoms with E-state index in [-0.39, 0.29) is 17.0 Å². The zero-order valence-electron chi connectivity index (χ0n) is 15.4. The second-order valence-electron chi connectivity index (χ2n) is 6.66. The van der Waals surface area contributed by atoms with Crippen molar-refractivity contribution in [2.45, 2.75) is 39.2 Å². The Kier molecular flexibility index (Phi) is 5.76. The van der Waals surface area contributed by atoms with E-state index in [1.165, 1.54) is 6.92 Å². The maximum absolute atomic E-state index is 12.1. The van der Waals surface area contributed by atoms with Crippen LogP contribution in [0.4, 0.5) is 0 Å². The van der Waals surface area contributed by atoms with Gasteiger partial charge in [0.05, 0.1) is 17.0 Å². The maximum atomic E-state index is 12.1. The molecule has 2 rings (SSSR count). The highest BCUT2D eigenvalue weighted by Crippen LogP contribution is 2.33. The summed E-state index contributed by atoms with van der Waals surface area (Å²) in [6.45, 7) is 10.7. The van der Waals surface area contributed by atoms with Crippen molar-refractivity contribution in [3.63, 3.8) is 0 Å². The van der Waals surface area contributed by atoms with Crippen molar-refractivity contribution in [2.24, 2.45) is 0 Å². The van der Waals surface area contributed by atoms with E-state index in [0.29, 0.717) is 5.70 Å². The number of nitrogens with zero attached hydrogens (tertiary/aromatic N) is 3. The number of hydrogen-bond donors (Lipinski definition) is 0. The Morgan fingerprint density at radius 3 is 2.60 bits per heavy atom. The molecule has 1 fully saturated rings. The highest BCUT2D eigenvalue weighted by Gasteiger charge is 2.32. The topological polar surface area (TPSA) is 66.2 Å². The Morgan fingerprint density at radius 2 is 2.12 bits per heavy atom. The van der Waals surface area contributed by atoms with Crippen molar-refractivity contribution in [3.8, 4) is 6.07 Å². The normalized spacial score (nSPS) is 17.5. The number of Topliss-reactive ketones (excluding diaryl/α,β-unsaturated/α-hetero) is 1. The fraction of sp³-hybridized carbons (Fsp3) is 0.450. The molecule has 0 aliphatic carbocycles. The van der Waals surface area contributed by atoms with Crippen LogP contribution in [-0.2, 0) is 9.53 Å². The number of ketones is 1. The number of carbonyl (C=O) groups excluding carboxylic acids is 1. The van der Waals surface area contributed by atoms with E-state index in [1.807, 2.05) is 13.0 Å². The molecule has 0 spiro atoms. The first kappa shape index (κ1) is 18.9. The Labute approximate surface area is 149 Å². The lowest BCUT2D eigenvalue weighted by atomic mass is 9.91. The van der Waals surface area contributed by atoms with Gasteiger partial charge in [0.1, 0.15) is 11.6 Å². The number of allylic oxidation sites excluding steroid dienone is 1. The summed E-state index contributed by atoms with van der Waals surface area (Å²) < 4.78 is 5.61. The van der Waals surface area contributed by atoms with Crippen LogP contribution < -0.4 is 0 Å². The summed E-state index contributed by atoms with van der Waals surface area (Å²) in [6, 6.07) is 4.00. The number of carbonyl (C=O) groups is 1. The lowest BCUT2D eigenvalue weighted by molar-refractivity contribution is -0.113. The Balaban J connectivity index is 2.56. The average Bonchev–Trinajstić information content (AvgIpc) is 2.61. The Morgan fingerprint density at radius 1 is 1.48 bits per heavy atom. The number of aryl methyl sites for hydroxylation is 1. The van der Waals surface area contributed by atoms with Gasteiger partial charge in [0.15, 0.2) is 5.78 Å². The van der Waals surface area contributed by atoms with Crippen molar-refractivity contribution in [2.75, 3.05) is 20.2 Å². The van der Waals surface area contributed by atoms with E-state index in [9.17, 15) is 10.1 Å². The molecule has 1 aliphatic rings. The highest BCUT2D eigenvalue weighted by molar-refractivity contribution is 6.04.